The number of rotatable bonds is 3. The van der Waals surface area contributed by atoms with Crippen molar-refractivity contribution in [1.29, 1.82) is 0 Å². The van der Waals surface area contributed by atoms with Crippen molar-refractivity contribution in [1.82, 2.24) is 10.2 Å². The molecule has 1 fully saturated rings. The fraction of sp³-hybridized carbons (Fsp3) is 0.562. The van der Waals surface area contributed by atoms with Crippen molar-refractivity contribution in [2.24, 2.45) is 5.92 Å². The van der Waals surface area contributed by atoms with E-state index in [0.29, 0.717) is 25.1 Å². The van der Waals surface area contributed by atoms with Crippen LogP contribution in [0.5, 0.6) is 0 Å². The molecule has 0 aliphatic carbocycles. The van der Waals surface area contributed by atoms with Gasteiger partial charge in [-0.05, 0) is 31.0 Å². The highest BCUT2D eigenvalue weighted by molar-refractivity contribution is 5.85. The van der Waals surface area contributed by atoms with E-state index in [1.54, 1.807) is 17.9 Å². The third-order valence-corrected chi connectivity index (χ3v) is 3.87. The van der Waals surface area contributed by atoms with Crippen LogP contribution < -0.4 is 5.32 Å². The summed E-state index contributed by atoms with van der Waals surface area (Å²) in [5.41, 5.74) is -0.118. The molecule has 1 amide bonds. The summed E-state index contributed by atoms with van der Waals surface area (Å²) in [5, 5.41) is 3.23. The molecule has 1 aliphatic rings. The van der Waals surface area contributed by atoms with Crippen LogP contribution in [-0.2, 0) is 17.4 Å². The SMILES string of the molecule is CC(Cc1cccc(C(F)(F)F)c1)C(=O)N1CCCNCC1.Cl. The maximum Gasteiger partial charge on any atom is 0.416 e. The van der Waals surface area contributed by atoms with Gasteiger partial charge in [0.15, 0.2) is 0 Å². The molecule has 2 rings (SSSR count). The third-order valence-electron chi connectivity index (χ3n) is 3.87. The lowest BCUT2D eigenvalue weighted by Crippen LogP contribution is -2.38. The van der Waals surface area contributed by atoms with Gasteiger partial charge in [-0.2, -0.15) is 13.2 Å². The lowest BCUT2D eigenvalue weighted by Gasteiger charge is -2.24. The first-order chi connectivity index (χ1) is 10.4. The predicted molar refractivity (Wildman–Crippen MR) is 85.6 cm³/mol. The van der Waals surface area contributed by atoms with Crippen molar-refractivity contribution in [2.45, 2.75) is 25.9 Å². The van der Waals surface area contributed by atoms with Crippen LogP contribution in [-0.4, -0.2) is 37.0 Å². The Bertz CT molecular complexity index is 514. The smallest absolute Gasteiger partial charge is 0.341 e. The Hall–Kier alpha value is -1.27. The van der Waals surface area contributed by atoms with E-state index in [-0.39, 0.29) is 24.2 Å². The molecular formula is C16H22ClF3N2O. The molecule has 0 aromatic heterocycles. The van der Waals surface area contributed by atoms with Crippen LogP contribution in [0.1, 0.15) is 24.5 Å². The number of hydrogen-bond donors (Lipinski definition) is 1. The van der Waals surface area contributed by atoms with E-state index in [1.165, 1.54) is 6.07 Å². The lowest BCUT2D eigenvalue weighted by molar-refractivity contribution is -0.137. The van der Waals surface area contributed by atoms with E-state index < -0.39 is 11.7 Å². The van der Waals surface area contributed by atoms with Gasteiger partial charge in [-0.3, -0.25) is 4.79 Å². The molecule has 0 bridgehead atoms. The van der Waals surface area contributed by atoms with E-state index >= 15 is 0 Å². The monoisotopic (exact) mass is 350 g/mol. The molecule has 23 heavy (non-hydrogen) atoms. The van der Waals surface area contributed by atoms with Crippen molar-refractivity contribution < 1.29 is 18.0 Å². The Morgan fingerprint density at radius 3 is 2.74 bits per heavy atom. The first-order valence-electron chi connectivity index (χ1n) is 7.53. The molecule has 3 nitrogen and oxygen atoms in total. The van der Waals surface area contributed by atoms with Crippen molar-refractivity contribution in [3.63, 3.8) is 0 Å². The zero-order chi connectivity index (χ0) is 16.2. The van der Waals surface area contributed by atoms with Gasteiger partial charge in [0.25, 0.3) is 0 Å². The number of nitrogens with one attached hydrogen (secondary N) is 1. The minimum atomic E-state index is -4.35. The zero-order valence-electron chi connectivity index (χ0n) is 13.0. The Morgan fingerprint density at radius 1 is 1.30 bits per heavy atom. The minimum absolute atomic E-state index is 0. The van der Waals surface area contributed by atoms with Crippen LogP contribution in [0, 0.1) is 5.92 Å². The molecule has 0 radical (unpaired) electrons. The highest BCUT2D eigenvalue weighted by atomic mass is 35.5. The topological polar surface area (TPSA) is 32.3 Å². The molecule has 1 saturated heterocycles. The molecule has 1 N–H and O–H groups in total. The molecule has 7 heteroatoms. The fourth-order valence-electron chi connectivity index (χ4n) is 2.69. The highest BCUT2D eigenvalue weighted by Crippen LogP contribution is 2.30. The van der Waals surface area contributed by atoms with Crippen LogP contribution in [0.15, 0.2) is 24.3 Å². The van der Waals surface area contributed by atoms with Gasteiger partial charge in [-0.15, -0.1) is 12.4 Å². The van der Waals surface area contributed by atoms with Crippen LogP contribution in [0.25, 0.3) is 0 Å². The van der Waals surface area contributed by atoms with Gasteiger partial charge in [-0.25, -0.2) is 0 Å². The second-order valence-electron chi connectivity index (χ2n) is 5.73. The van der Waals surface area contributed by atoms with Gasteiger partial charge < -0.3 is 10.2 Å². The molecule has 130 valence electrons. The summed E-state index contributed by atoms with van der Waals surface area (Å²) in [6.45, 7) is 4.80. The van der Waals surface area contributed by atoms with Crippen LogP contribution in [0.4, 0.5) is 13.2 Å². The molecule has 1 atom stereocenters. The first kappa shape index (κ1) is 19.8. The summed E-state index contributed by atoms with van der Waals surface area (Å²) >= 11 is 0. The predicted octanol–water partition coefficient (Wildman–Crippen LogP) is 3.13. The summed E-state index contributed by atoms with van der Waals surface area (Å²) in [6.07, 6.45) is -3.12. The van der Waals surface area contributed by atoms with Gasteiger partial charge in [0, 0.05) is 25.6 Å². The Balaban J connectivity index is 0.00000264. The van der Waals surface area contributed by atoms with Crippen molar-refractivity contribution in [2.75, 3.05) is 26.2 Å². The zero-order valence-corrected chi connectivity index (χ0v) is 13.8. The van der Waals surface area contributed by atoms with Gasteiger partial charge in [0.2, 0.25) is 5.91 Å². The third kappa shape index (κ3) is 5.70. The number of hydrogen-bond acceptors (Lipinski definition) is 2. The molecule has 0 spiro atoms. The Morgan fingerprint density at radius 2 is 2.04 bits per heavy atom. The molecule has 0 saturated carbocycles. The number of alkyl halides is 3. The molecule has 1 unspecified atom stereocenters. The summed E-state index contributed by atoms with van der Waals surface area (Å²) in [5.74, 6) is -0.303. The number of halogens is 4. The second-order valence-corrected chi connectivity index (χ2v) is 5.73. The summed E-state index contributed by atoms with van der Waals surface area (Å²) < 4.78 is 38.2. The average Bonchev–Trinajstić information content (AvgIpc) is 2.75. The largest absolute Gasteiger partial charge is 0.416 e. The maximum atomic E-state index is 12.7. The van der Waals surface area contributed by atoms with E-state index in [0.717, 1.165) is 31.6 Å². The van der Waals surface area contributed by atoms with Crippen molar-refractivity contribution in [3.05, 3.63) is 35.4 Å². The van der Waals surface area contributed by atoms with E-state index in [9.17, 15) is 18.0 Å². The quantitative estimate of drug-likeness (QED) is 0.908. The number of benzene rings is 1. The van der Waals surface area contributed by atoms with Gasteiger partial charge in [-0.1, -0.05) is 25.1 Å². The van der Waals surface area contributed by atoms with Gasteiger partial charge in [0.05, 0.1) is 5.56 Å². The average molecular weight is 351 g/mol. The number of carbonyl (C=O) groups excluding carboxylic acids is 1. The van der Waals surface area contributed by atoms with E-state index in [1.807, 2.05) is 0 Å². The first-order valence-corrected chi connectivity index (χ1v) is 7.53. The minimum Gasteiger partial charge on any atom is -0.341 e. The van der Waals surface area contributed by atoms with E-state index in [2.05, 4.69) is 5.32 Å². The number of nitrogens with zero attached hydrogens (tertiary/aromatic N) is 1. The summed E-state index contributed by atoms with van der Waals surface area (Å²) in [6, 6.07) is 5.22. The fourth-order valence-corrected chi connectivity index (χ4v) is 2.69. The lowest BCUT2D eigenvalue weighted by atomic mass is 9.98. The Labute approximate surface area is 140 Å². The maximum absolute atomic E-state index is 12.7. The summed E-state index contributed by atoms with van der Waals surface area (Å²) in [4.78, 5) is 14.2. The molecule has 1 heterocycles. The number of amides is 1. The standard InChI is InChI=1S/C16H21F3N2O.ClH/c1-12(15(22)21-8-3-6-20-7-9-21)10-13-4-2-5-14(11-13)16(17,18)19;/h2,4-5,11-12,20H,3,6-10H2,1H3;1H. The molecule has 1 aliphatic heterocycles. The molecule has 1 aromatic rings. The normalized spacial score (nSPS) is 17.1. The van der Waals surface area contributed by atoms with Crippen molar-refractivity contribution in [3.8, 4) is 0 Å². The van der Waals surface area contributed by atoms with Gasteiger partial charge in [0.1, 0.15) is 0 Å². The second kappa shape index (κ2) is 8.55. The van der Waals surface area contributed by atoms with E-state index in [4.69, 9.17) is 0 Å². The molecule has 1 aromatic carbocycles. The van der Waals surface area contributed by atoms with Crippen LogP contribution in [0.2, 0.25) is 0 Å². The van der Waals surface area contributed by atoms with Crippen LogP contribution in [0.3, 0.4) is 0 Å². The molecular weight excluding hydrogens is 329 g/mol. The van der Waals surface area contributed by atoms with Gasteiger partial charge >= 0.3 is 6.18 Å². The number of carbonyl (C=O) groups is 1. The van der Waals surface area contributed by atoms with Crippen LogP contribution >= 0.6 is 12.4 Å². The highest BCUT2D eigenvalue weighted by Gasteiger charge is 2.30. The van der Waals surface area contributed by atoms with Crippen molar-refractivity contribution >= 4 is 18.3 Å². The summed E-state index contributed by atoms with van der Waals surface area (Å²) in [7, 11) is 0. The Kier molecular flexibility index (Phi) is 7.35.